The number of methoxy groups -OCH3 is 1. The molecule has 2 heterocycles. The maximum absolute atomic E-state index is 13.2. The highest BCUT2D eigenvalue weighted by Crippen LogP contribution is 2.39. The maximum Gasteiger partial charge on any atom is 0.416 e. The molecule has 1 aromatic heterocycles. The fourth-order valence-electron chi connectivity index (χ4n) is 4.37. The SMILES string of the molecule is C#CC(/C=N\C(=C(C)CC)N1CCC(N(c2ccc(C(F)(F)F)cc2)c2cnccc2OC)CC1)=C/C. The summed E-state index contributed by atoms with van der Waals surface area (Å²) in [4.78, 5) is 13.3. The molecular formula is C29H33F3N4O. The Labute approximate surface area is 217 Å². The molecule has 0 N–H and O–H groups in total. The minimum atomic E-state index is -4.40. The van der Waals surface area contributed by atoms with Crippen LogP contribution in [-0.4, -0.2) is 42.3 Å². The van der Waals surface area contributed by atoms with Crippen LogP contribution in [0.25, 0.3) is 0 Å². The Bertz CT molecular complexity index is 1180. The van der Waals surface area contributed by atoms with Crippen LogP contribution in [0.3, 0.4) is 0 Å². The van der Waals surface area contributed by atoms with Crippen LogP contribution in [0.15, 0.2) is 70.8 Å². The van der Waals surface area contributed by atoms with Gasteiger partial charge in [-0.15, -0.1) is 6.42 Å². The highest BCUT2D eigenvalue weighted by Gasteiger charge is 2.32. The van der Waals surface area contributed by atoms with E-state index in [0.29, 0.717) is 22.7 Å². The van der Waals surface area contributed by atoms with Gasteiger partial charge in [0.2, 0.25) is 0 Å². The number of aromatic nitrogens is 1. The predicted molar refractivity (Wildman–Crippen MR) is 143 cm³/mol. The lowest BCUT2D eigenvalue weighted by Crippen LogP contribution is -2.43. The van der Waals surface area contributed by atoms with Gasteiger partial charge in [-0.1, -0.05) is 18.9 Å². The number of hydrogen-bond donors (Lipinski definition) is 0. The number of piperidine rings is 1. The molecular weight excluding hydrogens is 477 g/mol. The second kappa shape index (κ2) is 12.5. The molecule has 5 nitrogen and oxygen atoms in total. The molecule has 1 aromatic carbocycles. The van der Waals surface area contributed by atoms with Gasteiger partial charge in [-0.2, -0.15) is 13.2 Å². The van der Waals surface area contributed by atoms with Crippen LogP contribution in [0.4, 0.5) is 24.5 Å². The minimum Gasteiger partial charge on any atom is -0.494 e. The molecule has 0 unspecified atom stereocenters. The Morgan fingerprint density at radius 3 is 2.46 bits per heavy atom. The first-order chi connectivity index (χ1) is 17.7. The first-order valence-electron chi connectivity index (χ1n) is 12.3. The van der Waals surface area contributed by atoms with Gasteiger partial charge in [0.25, 0.3) is 0 Å². The Morgan fingerprint density at radius 2 is 1.92 bits per heavy atom. The lowest BCUT2D eigenvalue weighted by molar-refractivity contribution is -0.137. The minimum absolute atomic E-state index is 0.0232. The molecule has 0 saturated carbocycles. The van der Waals surface area contributed by atoms with Crippen molar-refractivity contribution in [3.8, 4) is 18.1 Å². The number of alkyl halides is 3. The zero-order chi connectivity index (χ0) is 27.0. The molecule has 0 radical (unpaired) electrons. The van der Waals surface area contributed by atoms with E-state index in [-0.39, 0.29) is 6.04 Å². The van der Waals surface area contributed by atoms with Crippen LogP contribution >= 0.6 is 0 Å². The summed E-state index contributed by atoms with van der Waals surface area (Å²) in [5.41, 5.74) is 2.57. The second-order valence-corrected chi connectivity index (χ2v) is 8.78. The second-order valence-electron chi connectivity index (χ2n) is 8.78. The summed E-state index contributed by atoms with van der Waals surface area (Å²) in [6, 6.07) is 7.03. The molecule has 1 saturated heterocycles. The number of likely N-dealkylation sites (tertiary alicyclic amines) is 1. The van der Waals surface area contributed by atoms with Gasteiger partial charge in [0, 0.05) is 48.9 Å². The lowest BCUT2D eigenvalue weighted by atomic mass is 10.0. The third-order valence-electron chi connectivity index (χ3n) is 6.56. The van der Waals surface area contributed by atoms with E-state index in [9.17, 15) is 13.2 Å². The number of anilines is 2. The summed E-state index contributed by atoms with van der Waals surface area (Å²) in [5, 5.41) is 0. The molecule has 0 spiro atoms. The Balaban J connectivity index is 1.92. The third-order valence-corrected chi connectivity index (χ3v) is 6.56. The highest BCUT2D eigenvalue weighted by atomic mass is 19.4. The molecule has 0 atom stereocenters. The summed E-state index contributed by atoms with van der Waals surface area (Å²) < 4.78 is 45.2. The number of pyridine rings is 1. The van der Waals surface area contributed by atoms with Crippen molar-refractivity contribution in [1.82, 2.24) is 9.88 Å². The van der Waals surface area contributed by atoms with Crippen molar-refractivity contribution in [2.45, 2.75) is 52.3 Å². The van der Waals surface area contributed by atoms with Crippen molar-refractivity contribution in [2.24, 2.45) is 4.99 Å². The lowest BCUT2D eigenvalue weighted by Gasteiger charge is -2.41. The van der Waals surface area contributed by atoms with E-state index in [1.165, 1.54) is 12.1 Å². The fraction of sp³-hybridized carbons (Fsp3) is 0.379. The molecule has 1 aliphatic rings. The smallest absolute Gasteiger partial charge is 0.416 e. The highest BCUT2D eigenvalue weighted by molar-refractivity contribution is 5.84. The van der Waals surface area contributed by atoms with Gasteiger partial charge in [0.1, 0.15) is 17.3 Å². The number of hydrogen-bond acceptors (Lipinski definition) is 5. The average Bonchev–Trinajstić information content (AvgIpc) is 2.91. The summed E-state index contributed by atoms with van der Waals surface area (Å²) in [6.07, 6.45) is 10.4. The number of nitrogens with zero attached hydrogens (tertiary/aromatic N) is 4. The van der Waals surface area contributed by atoms with Crippen LogP contribution < -0.4 is 9.64 Å². The summed E-state index contributed by atoms with van der Waals surface area (Å²) in [5.74, 6) is 4.15. The van der Waals surface area contributed by atoms with Gasteiger partial charge in [0.05, 0.1) is 18.9 Å². The number of aliphatic imine (C=N–C) groups is 1. The molecule has 3 rings (SSSR count). The van der Waals surface area contributed by atoms with Gasteiger partial charge >= 0.3 is 6.18 Å². The van der Waals surface area contributed by atoms with Gasteiger partial charge < -0.3 is 14.5 Å². The van der Waals surface area contributed by atoms with E-state index in [2.05, 4.69) is 29.7 Å². The monoisotopic (exact) mass is 510 g/mol. The van der Waals surface area contributed by atoms with E-state index in [1.807, 2.05) is 17.9 Å². The van der Waals surface area contributed by atoms with Crippen molar-refractivity contribution < 1.29 is 17.9 Å². The summed E-state index contributed by atoms with van der Waals surface area (Å²) in [6.45, 7) is 7.51. The van der Waals surface area contributed by atoms with Gasteiger partial charge in [0.15, 0.2) is 0 Å². The molecule has 0 bridgehead atoms. The normalized spacial score (nSPS) is 15.9. The van der Waals surface area contributed by atoms with Gasteiger partial charge in [-0.3, -0.25) is 4.98 Å². The molecule has 1 fully saturated rings. The Morgan fingerprint density at radius 1 is 1.24 bits per heavy atom. The molecule has 1 aliphatic heterocycles. The number of ether oxygens (including phenoxy) is 1. The topological polar surface area (TPSA) is 41.0 Å². The molecule has 196 valence electrons. The van der Waals surface area contributed by atoms with Crippen molar-refractivity contribution in [2.75, 3.05) is 25.1 Å². The van der Waals surface area contributed by atoms with Crippen molar-refractivity contribution in [3.63, 3.8) is 0 Å². The molecule has 2 aromatic rings. The maximum atomic E-state index is 13.2. The van der Waals surface area contributed by atoms with E-state index >= 15 is 0 Å². The van der Waals surface area contributed by atoms with Crippen molar-refractivity contribution >= 4 is 17.6 Å². The van der Waals surface area contributed by atoms with E-state index < -0.39 is 11.7 Å². The number of terminal acetylenes is 1. The van der Waals surface area contributed by atoms with Crippen LogP contribution in [-0.2, 0) is 6.18 Å². The van der Waals surface area contributed by atoms with Crippen LogP contribution in [0.1, 0.15) is 45.6 Å². The Kier molecular flexibility index (Phi) is 9.40. The van der Waals surface area contributed by atoms with Gasteiger partial charge in [-0.05, 0) is 62.9 Å². The van der Waals surface area contributed by atoms with E-state index in [0.717, 1.165) is 55.9 Å². The Hall–Kier alpha value is -3.73. The largest absolute Gasteiger partial charge is 0.494 e. The van der Waals surface area contributed by atoms with E-state index in [1.54, 1.807) is 31.8 Å². The first-order valence-corrected chi connectivity index (χ1v) is 12.3. The summed E-state index contributed by atoms with van der Waals surface area (Å²) >= 11 is 0. The summed E-state index contributed by atoms with van der Waals surface area (Å²) in [7, 11) is 1.57. The zero-order valence-corrected chi connectivity index (χ0v) is 21.7. The van der Waals surface area contributed by atoms with Crippen LogP contribution in [0.2, 0.25) is 0 Å². The van der Waals surface area contributed by atoms with E-state index in [4.69, 9.17) is 16.2 Å². The van der Waals surface area contributed by atoms with Crippen molar-refractivity contribution in [1.29, 1.82) is 0 Å². The molecule has 37 heavy (non-hydrogen) atoms. The predicted octanol–water partition coefficient (Wildman–Crippen LogP) is 7.00. The third kappa shape index (κ3) is 6.73. The van der Waals surface area contributed by atoms with Crippen molar-refractivity contribution in [3.05, 3.63) is 71.3 Å². The zero-order valence-electron chi connectivity index (χ0n) is 21.7. The molecule has 0 aliphatic carbocycles. The number of allylic oxidation sites excluding steroid dienone is 3. The number of rotatable bonds is 8. The standard InChI is InChI=1S/C29H33F3N4O/c1-6-21(4)28(34-19-22(7-2)8-3)35-17-14-25(15-18-35)36(26-20-33-16-13-27(26)37-5)24-11-9-23(10-12-24)29(30,31)32/h2,8-13,16,19-20,25H,6,14-15,17-18H2,1,3-5H3/b22-8-,28-21?,34-19-. The first kappa shape index (κ1) is 27.9. The molecule has 8 heteroatoms. The van der Waals surface area contributed by atoms with Crippen LogP contribution in [0.5, 0.6) is 5.75 Å². The molecule has 0 amide bonds. The number of benzene rings is 1. The fourth-order valence-corrected chi connectivity index (χ4v) is 4.37. The quantitative estimate of drug-likeness (QED) is 0.283. The van der Waals surface area contributed by atoms with Crippen LogP contribution in [0, 0.1) is 12.3 Å². The van der Waals surface area contributed by atoms with Gasteiger partial charge in [-0.25, -0.2) is 4.99 Å². The average molecular weight is 511 g/mol. The number of halogens is 3.